The predicted octanol–water partition coefficient (Wildman–Crippen LogP) is 2.94. The van der Waals surface area contributed by atoms with Crippen LogP contribution in [0.15, 0.2) is 24.5 Å². The Balaban J connectivity index is 1.40. The van der Waals surface area contributed by atoms with Crippen molar-refractivity contribution in [1.29, 1.82) is 0 Å². The molecule has 174 valence electrons. The molecule has 1 aromatic carbocycles. The second-order valence-electron chi connectivity index (χ2n) is 8.58. The molecule has 11 heteroatoms. The number of carbonyl (C=O) groups is 1. The summed E-state index contributed by atoms with van der Waals surface area (Å²) in [5.41, 5.74) is 1.28. The first-order valence-corrected chi connectivity index (χ1v) is 11.1. The van der Waals surface area contributed by atoms with Gasteiger partial charge in [-0.3, -0.25) is 0 Å². The van der Waals surface area contributed by atoms with Gasteiger partial charge in [0.2, 0.25) is 5.95 Å². The van der Waals surface area contributed by atoms with E-state index in [0.717, 1.165) is 38.8 Å². The molecular weight excluding hydrogens is 427 g/mol. The quantitative estimate of drug-likeness (QED) is 0.522. The van der Waals surface area contributed by atoms with Crippen LogP contribution in [0.5, 0.6) is 5.75 Å². The Labute approximate surface area is 190 Å². The third-order valence-corrected chi connectivity index (χ3v) is 5.85. The number of rotatable bonds is 6. The molecule has 1 saturated carbocycles. The molecule has 5 rings (SSSR count). The van der Waals surface area contributed by atoms with Gasteiger partial charge in [-0.05, 0) is 38.8 Å². The molecular formula is C22H27FN8O2. The minimum atomic E-state index is -0.424. The topological polar surface area (TPSA) is 109 Å². The molecule has 0 atom stereocenters. The van der Waals surface area contributed by atoms with Gasteiger partial charge in [0.05, 0.1) is 0 Å². The molecule has 0 unspecified atom stereocenters. The van der Waals surface area contributed by atoms with E-state index in [-0.39, 0.29) is 24.1 Å². The van der Waals surface area contributed by atoms with Gasteiger partial charge in [0.1, 0.15) is 24.0 Å². The lowest BCUT2D eigenvalue weighted by Gasteiger charge is -2.29. The molecule has 1 aliphatic carbocycles. The monoisotopic (exact) mass is 454 g/mol. The number of hydrogen-bond acceptors (Lipinski definition) is 8. The summed E-state index contributed by atoms with van der Waals surface area (Å²) in [6.07, 6.45) is 5.23. The number of halogens is 1. The normalized spacial score (nSPS) is 17.2. The summed E-state index contributed by atoms with van der Waals surface area (Å²) in [5, 5.41) is 8.95. The summed E-state index contributed by atoms with van der Waals surface area (Å²) in [7, 11) is 3.79. The molecule has 1 aliphatic heterocycles. The van der Waals surface area contributed by atoms with Gasteiger partial charge >= 0.3 is 6.03 Å². The predicted molar refractivity (Wildman–Crippen MR) is 123 cm³/mol. The highest BCUT2D eigenvalue weighted by molar-refractivity contribution is 5.92. The van der Waals surface area contributed by atoms with E-state index < -0.39 is 5.82 Å². The maximum Gasteiger partial charge on any atom is 0.328 e. The Morgan fingerprint density at radius 1 is 1.15 bits per heavy atom. The average Bonchev–Trinajstić information content (AvgIpc) is 3.49. The van der Waals surface area contributed by atoms with E-state index in [0.29, 0.717) is 28.4 Å². The van der Waals surface area contributed by atoms with Crippen molar-refractivity contribution >= 4 is 34.6 Å². The SMILES string of the molecule is CNc1nc(Nc2cc(F)cc(OC3CCN(C)CC3)c2)nc2c1ncn2C(=O)NC1CC1. The van der Waals surface area contributed by atoms with Crippen LogP contribution in [0.25, 0.3) is 11.2 Å². The highest BCUT2D eigenvalue weighted by Crippen LogP contribution is 2.27. The molecule has 3 N–H and O–H groups in total. The zero-order chi connectivity index (χ0) is 22.9. The van der Waals surface area contributed by atoms with Crippen molar-refractivity contribution in [3.05, 3.63) is 30.3 Å². The molecule has 1 amide bonds. The summed E-state index contributed by atoms with van der Waals surface area (Å²) >= 11 is 0. The molecule has 2 fully saturated rings. The Morgan fingerprint density at radius 2 is 1.94 bits per heavy atom. The largest absolute Gasteiger partial charge is 0.490 e. The molecule has 0 radical (unpaired) electrons. The second-order valence-corrected chi connectivity index (χ2v) is 8.58. The Morgan fingerprint density at radius 3 is 2.67 bits per heavy atom. The zero-order valence-electron chi connectivity index (χ0n) is 18.6. The lowest BCUT2D eigenvalue weighted by atomic mass is 10.1. The zero-order valence-corrected chi connectivity index (χ0v) is 18.6. The molecule has 1 saturated heterocycles. The number of amides is 1. The number of nitrogens with one attached hydrogen (secondary N) is 3. The van der Waals surface area contributed by atoms with Gasteiger partial charge in [-0.1, -0.05) is 0 Å². The van der Waals surface area contributed by atoms with E-state index in [1.54, 1.807) is 13.1 Å². The fourth-order valence-corrected chi connectivity index (χ4v) is 3.88. The summed E-state index contributed by atoms with van der Waals surface area (Å²) in [5.74, 6) is 0.700. The molecule has 0 spiro atoms. The van der Waals surface area contributed by atoms with Crippen LogP contribution in [0.3, 0.4) is 0 Å². The Hall–Kier alpha value is -3.47. The van der Waals surface area contributed by atoms with Gasteiger partial charge in [0.15, 0.2) is 17.0 Å². The molecule has 3 heterocycles. The van der Waals surface area contributed by atoms with Crippen LogP contribution in [0.1, 0.15) is 25.7 Å². The number of nitrogens with zero attached hydrogens (tertiary/aromatic N) is 5. The Bertz CT molecular complexity index is 1170. The molecule has 2 aliphatic rings. The van der Waals surface area contributed by atoms with E-state index in [1.807, 2.05) is 0 Å². The molecule has 10 nitrogen and oxygen atoms in total. The fraction of sp³-hybridized carbons (Fsp3) is 0.455. The molecule has 3 aromatic rings. The first kappa shape index (κ1) is 21.4. The van der Waals surface area contributed by atoms with E-state index >= 15 is 0 Å². The number of fused-ring (bicyclic) bond motifs is 1. The van der Waals surface area contributed by atoms with Crippen molar-refractivity contribution in [2.75, 3.05) is 37.8 Å². The van der Waals surface area contributed by atoms with E-state index in [9.17, 15) is 9.18 Å². The van der Waals surface area contributed by atoms with Crippen LogP contribution in [-0.2, 0) is 0 Å². The summed E-state index contributed by atoms with van der Waals surface area (Å²) < 4.78 is 21.7. The number of piperidine rings is 1. The van der Waals surface area contributed by atoms with E-state index in [2.05, 4.69) is 42.8 Å². The average molecular weight is 455 g/mol. The third kappa shape index (κ3) is 4.82. The van der Waals surface area contributed by atoms with E-state index in [1.165, 1.54) is 23.0 Å². The fourth-order valence-electron chi connectivity index (χ4n) is 3.88. The van der Waals surface area contributed by atoms with Crippen LogP contribution in [0.2, 0.25) is 0 Å². The van der Waals surface area contributed by atoms with Gasteiger partial charge in [-0.15, -0.1) is 0 Å². The lowest BCUT2D eigenvalue weighted by molar-refractivity contribution is 0.114. The van der Waals surface area contributed by atoms with Gasteiger partial charge < -0.3 is 25.6 Å². The van der Waals surface area contributed by atoms with Crippen LogP contribution in [0, 0.1) is 5.82 Å². The lowest BCUT2D eigenvalue weighted by Crippen LogP contribution is -2.35. The van der Waals surface area contributed by atoms with Gasteiger partial charge in [0.25, 0.3) is 0 Å². The standard InChI is InChI=1S/C22H27FN8O2/c1-24-19-18-20(31(12-25-18)22(32)27-14-3-4-14)29-21(28-19)26-15-9-13(23)10-17(11-15)33-16-5-7-30(2)8-6-16/h9-12,14,16H,3-8H2,1-2H3,(H,27,32)(H2,24,26,28,29). The van der Waals surface area contributed by atoms with Crippen molar-refractivity contribution < 1.29 is 13.9 Å². The summed E-state index contributed by atoms with van der Waals surface area (Å²) in [6.45, 7) is 1.90. The van der Waals surface area contributed by atoms with Crippen molar-refractivity contribution in [1.82, 2.24) is 29.7 Å². The van der Waals surface area contributed by atoms with E-state index in [4.69, 9.17) is 4.74 Å². The smallest absolute Gasteiger partial charge is 0.328 e. The number of imidazole rings is 1. The number of carbonyl (C=O) groups excluding carboxylic acids is 1. The minimum Gasteiger partial charge on any atom is -0.490 e. The van der Waals surface area contributed by atoms with Crippen molar-refractivity contribution in [3.63, 3.8) is 0 Å². The molecule has 2 aromatic heterocycles. The van der Waals surface area contributed by atoms with Crippen LogP contribution in [-0.4, -0.2) is 69.8 Å². The van der Waals surface area contributed by atoms with Crippen LogP contribution in [0.4, 0.5) is 26.6 Å². The van der Waals surface area contributed by atoms with Gasteiger partial charge in [-0.25, -0.2) is 18.7 Å². The summed E-state index contributed by atoms with van der Waals surface area (Å²) in [6, 6.07) is 4.37. The highest BCUT2D eigenvalue weighted by Gasteiger charge is 2.25. The molecule has 33 heavy (non-hydrogen) atoms. The maximum atomic E-state index is 14.3. The number of hydrogen-bond donors (Lipinski definition) is 3. The molecule has 0 bridgehead atoms. The van der Waals surface area contributed by atoms with Crippen LogP contribution >= 0.6 is 0 Å². The van der Waals surface area contributed by atoms with Crippen molar-refractivity contribution in [3.8, 4) is 5.75 Å². The second kappa shape index (κ2) is 8.81. The first-order chi connectivity index (χ1) is 16.0. The third-order valence-electron chi connectivity index (χ3n) is 5.85. The number of likely N-dealkylation sites (tertiary alicyclic amines) is 1. The van der Waals surface area contributed by atoms with Crippen molar-refractivity contribution in [2.45, 2.75) is 37.8 Å². The summed E-state index contributed by atoms with van der Waals surface area (Å²) in [4.78, 5) is 28.0. The minimum absolute atomic E-state index is 0.0543. The number of aromatic nitrogens is 4. The van der Waals surface area contributed by atoms with Crippen molar-refractivity contribution in [2.24, 2.45) is 0 Å². The highest BCUT2D eigenvalue weighted by atomic mass is 19.1. The number of ether oxygens (including phenoxy) is 1. The van der Waals surface area contributed by atoms with Gasteiger partial charge in [-0.2, -0.15) is 9.97 Å². The van der Waals surface area contributed by atoms with Crippen LogP contribution < -0.4 is 20.7 Å². The maximum absolute atomic E-state index is 14.3. The first-order valence-electron chi connectivity index (χ1n) is 11.1. The number of benzene rings is 1. The van der Waals surface area contributed by atoms with Gasteiger partial charge in [0, 0.05) is 44.0 Å². The Kier molecular flexibility index (Phi) is 5.71. The number of anilines is 3.